The third kappa shape index (κ3) is 5.90. The van der Waals surface area contributed by atoms with Crippen LogP contribution in [0, 0.1) is 0 Å². The van der Waals surface area contributed by atoms with Gasteiger partial charge in [0.25, 0.3) is 0 Å². The first-order valence-corrected chi connectivity index (χ1v) is 23.5. The van der Waals surface area contributed by atoms with Crippen LogP contribution in [0.25, 0.3) is 94.9 Å². The highest BCUT2D eigenvalue weighted by Gasteiger charge is 2.36. The minimum Gasteiger partial charge on any atom is -0.310 e. The number of aromatic nitrogens is 6. The van der Waals surface area contributed by atoms with Crippen LogP contribution in [0.4, 0.5) is 17.1 Å². The van der Waals surface area contributed by atoms with Crippen LogP contribution < -0.4 is 4.90 Å². The summed E-state index contributed by atoms with van der Waals surface area (Å²) < 4.78 is 6.77. The molecule has 0 unspecified atom stereocenters. The van der Waals surface area contributed by atoms with Crippen LogP contribution in [0.1, 0.15) is 25.0 Å². The Bertz CT molecular complexity index is 4150. The first-order chi connectivity index (χ1) is 34.0. The summed E-state index contributed by atoms with van der Waals surface area (Å²) in [7, 11) is 0. The third-order valence-electron chi connectivity index (χ3n) is 14.3. The SMILES string of the molecule is CC1(C)c2ccccc2-c2ccc(N(c3ccc(-c4ccccc4)cc3)c3ccc4c(c3)n3c5c6ccccc6n(-c6nc(-c7ccccc7)c7ccccc7n6)c5nc3n4-c3ccccc3)cc21. The number of benzene rings is 9. The maximum absolute atomic E-state index is 5.62. The average molecular weight is 886 g/mol. The van der Waals surface area contributed by atoms with E-state index in [9.17, 15) is 0 Å². The lowest BCUT2D eigenvalue weighted by Gasteiger charge is -2.28. The van der Waals surface area contributed by atoms with E-state index in [4.69, 9.17) is 15.0 Å². The Labute approximate surface area is 398 Å². The molecule has 0 spiro atoms. The number of para-hydroxylation sites is 3. The minimum absolute atomic E-state index is 0.166. The third-order valence-corrected chi connectivity index (χ3v) is 14.3. The van der Waals surface area contributed by atoms with Gasteiger partial charge in [-0.2, -0.15) is 4.98 Å². The second-order valence-corrected chi connectivity index (χ2v) is 18.5. The maximum atomic E-state index is 5.62. The van der Waals surface area contributed by atoms with Gasteiger partial charge in [-0.05, 0) is 100 Å². The Morgan fingerprint density at radius 3 is 1.83 bits per heavy atom. The predicted octanol–water partition coefficient (Wildman–Crippen LogP) is 15.4. The maximum Gasteiger partial charge on any atom is 0.237 e. The molecule has 13 aromatic rings. The average Bonchev–Trinajstić information content (AvgIpc) is 4.10. The highest BCUT2D eigenvalue weighted by Crippen LogP contribution is 2.51. The summed E-state index contributed by atoms with van der Waals surface area (Å²) in [5, 5.41) is 2.06. The normalized spacial score (nSPS) is 12.9. The molecule has 326 valence electrons. The molecular formula is C62H43N7. The van der Waals surface area contributed by atoms with Crippen molar-refractivity contribution in [3.63, 3.8) is 0 Å². The summed E-state index contributed by atoms with van der Waals surface area (Å²) in [5.41, 5.74) is 19.3. The molecule has 0 atom stereocenters. The van der Waals surface area contributed by atoms with Crippen LogP contribution >= 0.6 is 0 Å². The van der Waals surface area contributed by atoms with E-state index in [2.05, 4.69) is 245 Å². The number of hydrogen-bond donors (Lipinski definition) is 0. The second-order valence-electron chi connectivity index (χ2n) is 18.5. The minimum atomic E-state index is -0.166. The molecule has 0 N–H and O–H groups in total. The Morgan fingerprint density at radius 1 is 0.420 bits per heavy atom. The van der Waals surface area contributed by atoms with E-state index in [0.717, 1.165) is 83.8 Å². The van der Waals surface area contributed by atoms with Gasteiger partial charge in [-0.3, -0.25) is 13.5 Å². The molecule has 4 aromatic heterocycles. The fourth-order valence-corrected chi connectivity index (χ4v) is 11.0. The fraction of sp³-hybridized carbons (Fsp3) is 0.0484. The van der Waals surface area contributed by atoms with E-state index in [1.165, 1.54) is 33.4 Å². The van der Waals surface area contributed by atoms with E-state index in [0.29, 0.717) is 5.95 Å². The summed E-state index contributed by atoms with van der Waals surface area (Å²) >= 11 is 0. The topological polar surface area (TPSA) is 56.2 Å². The molecule has 0 saturated heterocycles. The van der Waals surface area contributed by atoms with Crippen molar-refractivity contribution < 1.29 is 0 Å². The lowest BCUT2D eigenvalue weighted by atomic mass is 9.82. The van der Waals surface area contributed by atoms with Gasteiger partial charge in [-0.1, -0.05) is 172 Å². The number of hydrogen-bond acceptors (Lipinski definition) is 4. The van der Waals surface area contributed by atoms with Crippen LogP contribution in [-0.2, 0) is 5.41 Å². The van der Waals surface area contributed by atoms with Crippen molar-refractivity contribution >= 4 is 66.8 Å². The standard InChI is InChI=1S/C62H43N7/c1-62(2)51-27-15-12-24-47(51)48-36-34-45(38-52(48)62)66(44-32-30-41(31-33-44)40-18-6-3-7-19-40)46-35-37-55-56(39-46)68-58-50-26-14-17-29-54(50)69(59(58)65-61(68)67(55)43-22-10-5-11-23-43)60-63-53-28-16-13-25-49(53)57(64-60)42-20-8-4-9-21-42/h3-39H,1-2H3. The molecule has 0 amide bonds. The van der Waals surface area contributed by atoms with E-state index in [-0.39, 0.29) is 5.41 Å². The van der Waals surface area contributed by atoms with Crippen LogP contribution in [-0.4, -0.2) is 28.5 Å². The van der Waals surface area contributed by atoms with Gasteiger partial charge < -0.3 is 4.90 Å². The Morgan fingerprint density at radius 2 is 1.03 bits per heavy atom. The lowest BCUT2D eigenvalue weighted by Crippen LogP contribution is -2.16. The molecule has 0 fully saturated rings. The summed E-state index contributed by atoms with van der Waals surface area (Å²) in [6.45, 7) is 4.70. The van der Waals surface area contributed by atoms with Crippen molar-refractivity contribution in [1.82, 2.24) is 28.5 Å². The zero-order valence-electron chi connectivity index (χ0n) is 38.0. The summed E-state index contributed by atoms with van der Waals surface area (Å²) in [6, 6.07) is 80.0. The van der Waals surface area contributed by atoms with E-state index >= 15 is 0 Å². The van der Waals surface area contributed by atoms with Crippen molar-refractivity contribution in [2.75, 3.05) is 4.90 Å². The van der Waals surface area contributed by atoms with Gasteiger partial charge in [0.2, 0.25) is 11.7 Å². The van der Waals surface area contributed by atoms with Gasteiger partial charge in [-0.15, -0.1) is 0 Å². The monoisotopic (exact) mass is 885 g/mol. The van der Waals surface area contributed by atoms with E-state index in [1.807, 2.05) is 12.1 Å². The first kappa shape index (κ1) is 39.1. The van der Waals surface area contributed by atoms with Crippen molar-refractivity contribution in [2.24, 2.45) is 0 Å². The number of imidazole rings is 2. The van der Waals surface area contributed by atoms with Crippen molar-refractivity contribution in [3.05, 3.63) is 236 Å². The van der Waals surface area contributed by atoms with Crippen molar-refractivity contribution in [1.29, 1.82) is 0 Å². The van der Waals surface area contributed by atoms with Crippen molar-refractivity contribution in [3.8, 4) is 45.1 Å². The van der Waals surface area contributed by atoms with Crippen LogP contribution in [0.2, 0.25) is 0 Å². The summed E-state index contributed by atoms with van der Waals surface area (Å²) in [5.74, 6) is 1.38. The van der Waals surface area contributed by atoms with Gasteiger partial charge in [0.15, 0.2) is 5.65 Å². The Kier molecular flexibility index (Phi) is 8.49. The second kappa shape index (κ2) is 15.0. The molecule has 69 heavy (non-hydrogen) atoms. The molecule has 1 aliphatic carbocycles. The molecule has 14 rings (SSSR count). The van der Waals surface area contributed by atoms with Gasteiger partial charge in [0, 0.05) is 44.5 Å². The Hall–Kier alpha value is -9.07. The van der Waals surface area contributed by atoms with E-state index in [1.54, 1.807) is 0 Å². The van der Waals surface area contributed by atoms with Gasteiger partial charge in [0.1, 0.15) is 5.52 Å². The number of anilines is 3. The fourth-order valence-electron chi connectivity index (χ4n) is 11.0. The van der Waals surface area contributed by atoms with Crippen molar-refractivity contribution in [2.45, 2.75) is 19.3 Å². The zero-order valence-corrected chi connectivity index (χ0v) is 38.0. The molecule has 1 aliphatic rings. The quantitative estimate of drug-likeness (QED) is 0.160. The zero-order chi connectivity index (χ0) is 45.8. The van der Waals surface area contributed by atoms with Crippen LogP contribution in [0.15, 0.2) is 224 Å². The lowest BCUT2D eigenvalue weighted by molar-refractivity contribution is 0.660. The molecule has 9 aromatic carbocycles. The molecule has 0 bridgehead atoms. The van der Waals surface area contributed by atoms with Crippen LogP contribution in [0.3, 0.4) is 0 Å². The number of rotatable bonds is 7. The molecular weight excluding hydrogens is 843 g/mol. The number of fused-ring (bicyclic) bond motifs is 11. The molecule has 0 aliphatic heterocycles. The van der Waals surface area contributed by atoms with Crippen LogP contribution in [0.5, 0.6) is 0 Å². The Balaban J connectivity index is 1.03. The van der Waals surface area contributed by atoms with E-state index < -0.39 is 0 Å². The van der Waals surface area contributed by atoms with Gasteiger partial charge in [0.05, 0.1) is 27.8 Å². The molecule has 0 saturated carbocycles. The summed E-state index contributed by atoms with van der Waals surface area (Å²) in [6.07, 6.45) is 0. The number of nitrogens with zero attached hydrogens (tertiary/aromatic N) is 7. The largest absolute Gasteiger partial charge is 0.310 e. The first-order valence-electron chi connectivity index (χ1n) is 23.5. The van der Waals surface area contributed by atoms with Gasteiger partial charge >= 0.3 is 0 Å². The molecule has 7 heteroatoms. The molecule has 4 heterocycles. The predicted molar refractivity (Wildman–Crippen MR) is 283 cm³/mol. The van der Waals surface area contributed by atoms with Gasteiger partial charge in [-0.25, -0.2) is 9.97 Å². The molecule has 7 nitrogen and oxygen atoms in total. The smallest absolute Gasteiger partial charge is 0.237 e. The summed E-state index contributed by atoms with van der Waals surface area (Å²) in [4.78, 5) is 18.7. The highest BCUT2D eigenvalue weighted by molar-refractivity contribution is 6.10. The molecule has 0 radical (unpaired) electrons. The highest BCUT2D eigenvalue weighted by atomic mass is 15.3.